The number of ketones is 1. The molecule has 180 valence electrons. The number of imidazole rings is 1. The Bertz CT molecular complexity index is 1210. The first kappa shape index (κ1) is 25.1. The number of carbonyl (C=O) groups excluding carboxylic acids is 3. The van der Waals surface area contributed by atoms with Crippen LogP contribution in [0.4, 0.5) is 11.4 Å². The summed E-state index contributed by atoms with van der Waals surface area (Å²) in [6.07, 6.45) is 3.93. The molecule has 1 aromatic carbocycles. The first-order valence-electron chi connectivity index (χ1n) is 11.4. The lowest BCUT2D eigenvalue weighted by Crippen LogP contribution is -2.42. The molecular formula is C26H32N4O4. The highest BCUT2D eigenvalue weighted by atomic mass is 16.5. The number of aromatic nitrogens is 2. The molecule has 34 heavy (non-hydrogen) atoms. The topological polar surface area (TPSA) is 102 Å². The molecule has 0 aliphatic carbocycles. The van der Waals surface area contributed by atoms with Crippen molar-refractivity contribution in [3.05, 3.63) is 60.0 Å². The van der Waals surface area contributed by atoms with E-state index in [2.05, 4.69) is 15.6 Å². The Morgan fingerprint density at radius 2 is 1.56 bits per heavy atom. The third kappa shape index (κ3) is 5.51. The van der Waals surface area contributed by atoms with Crippen molar-refractivity contribution >= 4 is 34.6 Å². The Balaban J connectivity index is 1.69. The summed E-state index contributed by atoms with van der Waals surface area (Å²) >= 11 is 0. The summed E-state index contributed by atoms with van der Waals surface area (Å²) in [4.78, 5) is 42.2. The van der Waals surface area contributed by atoms with E-state index < -0.39 is 11.0 Å². The van der Waals surface area contributed by atoms with E-state index >= 15 is 0 Å². The van der Waals surface area contributed by atoms with Crippen molar-refractivity contribution in [3.8, 4) is 0 Å². The largest absolute Gasteiger partial charge is 0.366 e. The number of anilines is 2. The number of rotatable bonds is 8. The molecule has 0 bridgehead atoms. The zero-order valence-corrected chi connectivity index (χ0v) is 20.6. The molecule has 2 aromatic heterocycles. The number of fused-ring (bicyclic) bond motifs is 1. The van der Waals surface area contributed by atoms with Gasteiger partial charge in [-0.3, -0.25) is 14.4 Å². The molecule has 2 amide bonds. The minimum Gasteiger partial charge on any atom is -0.366 e. The molecule has 1 atom stereocenters. The summed E-state index contributed by atoms with van der Waals surface area (Å²) in [5.74, 6) is -0.572. The van der Waals surface area contributed by atoms with Crippen molar-refractivity contribution in [2.45, 2.75) is 53.6 Å². The van der Waals surface area contributed by atoms with Gasteiger partial charge in [-0.2, -0.15) is 0 Å². The summed E-state index contributed by atoms with van der Waals surface area (Å²) in [5, 5.41) is 5.69. The van der Waals surface area contributed by atoms with Gasteiger partial charge in [0.05, 0.1) is 5.69 Å². The van der Waals surface area contributed by atoms with Gasteiger partial charge in [-0.25, -0.2) is 4.98 Å². The summed E-state index contributed by atoms with van der Waals surface area (Å²) in [5.41, 5.74) is 1.16. The average Bonchev–Trinajstić information content (AvgIpc) is 3.21. The van der Waals surface area contributed by atoms with Gasteiger partial charge < -0.3 is 19.8 Å². The smallest absolute Gasteiger partial charge is 0.256 e. The second kappa shape index (κ2) is 9.77. The molecule has 0 aliphatic heterocycles. The number of hydrogen-bond donors (Lipinski definition) is 2. The number of ether oxygens (including phenoxy) is 1. The molecule has 3 rings (SSSR count). The van der Waals surface area contributed by atoms with Crippen molar-refractivity contribution in [1.82, 2.24) is 9.38 Å². The lowest BCUT2D eigenvalue weighted by Gasteiger charge is -2.26. The van der Waals surface area contributed by atoms with Crippen LogP contribution in [0.25, 0.3) is 5.65 Å². The number of nitrogens with zero attached hydrogens (tertiary/aromatic N) is 2. The van der Waals surface area contributed by atoms with Crippen LogP contribution in [0.15, 0.2) is 48.8 Å². The SMILES string of the molecule is CCOC(C)(CC)C(=O)Nc1ccc(C(=O)Nc2ccc3nc(C(=O)C(C)(C)C)cn3c2)cc1. The van der Waals surface area contributed by atoms with Gasteiger partial charge >= 0.3 is 0 Å². The zero-order chi connectivity index (χ0) is 25.1. The summed E-state index contributed by atoms with van der Waals surface area (Å²) in [6, 6.07) is 10.1. The van der Waals surface area contributed by atoms with Crippen molar-refractivity contribution in [1.29, 1.82) is 0 Å². The van der Waals surface area contributed by atoms with Crippen LogP contribution in [0.2, 0.25) is 0 Å². The molecular weight excluding hydrogens is 432 g/mol. The third-order valence-electron chi connectivity index (χ3n) is 5.65. The minimum absolute atomic E-state index is 0.0468. The monoisotopic (exact) mass is 464 g/mol. The molecule has 3 aromatic rings. The fourth-order valence-corrected chi connectivity index (χ4v) is 3.38. The van der Waals surface area contributed by atoms with Gasteiger partial charge in [-0.1, -0.05) is 27.7 Å². The number of hydrogen-bond acceptors (Lipinski definition) is 5. The van der Waals surface area contributed by atoms with Crippen molar-refractivity contribution < 1.29 is 19.1 Å². The number of pyridine rings is 1. The van der Waals surface area contributed by atoms with E-state index in [1.807, 2.05) is 34.6 Å². The lowest BCUT2D eigenvalue weighted by molar-refractivity contribution is -0.139. The highest BCUT2D eigenvalue weighted by Crippen LogP contribution is 2.22. The number of amides is 2. The minimum atomic E-state index is -0.909. The van der Waals surface area contributed by atoms with Crippen LogP contribution in [0.3, 0.4) is 0 Å². The predicted molar refractivity (Wildman–Crippen MR) is 132 cm³/mol. The van der Waals surface area contributed by atoms with Gasteiger partial charge in [0.2, 0.25) is 0 Å². The summed E-state index contributed by atoms with van der Waals surface area (Å²) < 4.78 is 7.32. The van der Waals surface area contributed by atoms with E-state index in [1.54, 1.807) is 60.1 Å². The Morgan fingerprint density at radius 3 is 2.15 bits per heavy atom. The molecule has 1 unspecified atom stereocenters. The maximum Gasteiger partial charge on any atom is 0.256 e. The van der Waals surface area contributed by atoms with Crippen LogP contribution < -0.4 is 10.6 Å². The van der Waals surface area contributed by atoms with Crippen LogP contribution in [0.1, 0.15) is 68.8 Å². The summed E-state index contributed by atoms with van der Waals surface area (Å²) in [6.45, 7) is 11.5. The molecule has 0 fully saturated rings. The number of Topliss-reactive ketones (excluding diaryl/α,β-unsaturated/α-hetero) is 1. The maximum absolute atomic E-state index is 12.7. The molecule has 8 nitrogen and oxygen atoms in total. The average molecular weight is 465 g/mol. The Kier molecular flexibility index (Phi) is 7.21. The van der Waals surface area contributed by atoms with Crippen LogP contribution in [-0.2, 0) is 9.53 Å². The summed E-state index contributed by atoms with van der Waals surface area (Å²) in [7, 11) is 0. The number of nitrogens with one attached hydrogen (secondary N) is 2. The zero-order valence-electron chi connectivity index (χ0n) is 20.6. The van der Waals surface area contributed by atoms with Gasteiger partial charge in [0.1, 0.15) is 16.9 Å². The second-order valence-corrected chi connectivity index (χ2v) is 9.39. The van der Waals surface area contributed by atoms with E-state index in [9.17, 15) is 14.4 Å². The normalized spacial score (nSPS) is 13.4. The van der Waals surface area contributed by atoms with Crippen LogP contribution in [0, 0.1) is 5.41 Å². The predicted octanol–water partition coefficient (Wildman–Crippen LogP) is 4.96. The molecule has 2 N–H and O–H groups in total. The molecule has 2 heterocycles. The number of carbonyl (C=O) groups is 3. The van der Waals surface area contributed by atoms with E-state index in [1.165, 1.54) is 0 Å². The molecule has 0 saturated heterocycles. The molecule has 0 spiro atoms. The van der Waals surface area contributed by atoms with E-state index in [-0.39, 0.29) is 17.6 Å². The first-order valence-corrected chi connectivity index (χ1v) is 11.4. The van der Waals surface area contributed by atoms with Crippen molar-refractivity contribution in [2.75, 3.05) is 17.2 Å². The second-order valence-electron chi connectivity index (χ2n) is 9.39. The fraction of sp³-hybridized carbons (Fsp3) is 0.385. The Morgan fingerprint density at radius 1 is 0.912 bits per heavy atom. The van der Waals surface area contributed by atoms with Gasteiger partial charge in [0.25, 0.3) is 11.8 Å². The van der Waals surface area contributed by atoms with Crippen molar-refractivity contribution in [2.24, 2.45) is 5.41 Å². The molecule has 0 saturated carbocycles. The maximum atomic E-state index is 12.7. The molecule has 0 radical (unpaired) electrons. The van der Waals surface area contributed by atoms with E-state index in [0.717, 1.165) is 0 Å². The van der Waals surface area contributed by atoms with Gasteiger partial charge in [0.15, 0.2) is 5.78 Å². The van der Waals surface area contributed by atoms with Gasteiger partial charge in [-0.05, 0) is 56.7 Å². The first-order chi connectivity index (χ1) is 16.0. The van der Waals surface area contributed by atoms with E-state index in [0.29, 0.717) is 41.3 Å². The van der Waals surface area contributed by atoms with Gasteiger partial charge in [-0.15, -0.1) is 0 Å². The fourth-order valence-electron chi connectivity index (χ4n) is 3.38. The molecule has 0 aliphatic rings. The van der Waals surface area contributed by atoms with Crippen LogP contribution >= 0.6 is 0 Å². The third-order valence-corrected chi connectivity index (χ3v) is 5.65. The molecule has 8 heteroatoms. The lowest BCUT2D eigenvalue weighted by atomic mass is 9.89. The van der Waals surface area contributed by atoms with Crippen molar-refractivity contribution in [3.63, 3.8) is 0 Å². The quantitative estimate of drug-likeness (QED) is 0.459. The highest BCUT2D eigenvalue weighted by molar-refractivity contribution is 6.05. The Labute approximate surface area is 199 Å². The Hall–Kier alpha value is -3.52. The van der Waals surface area contributed by atoms with E-state index in [4.69, 9.17) is 4.74 Å². The number of benzene rings is 1. The standard InChI is InChI=1S/C26H32N4O4/c1-7-26(6,34-8-2)24(33)28-18-11-9-17(10-12-18)23(32)27-19-13-14-21-29-20(16-30(21)15-19)22(31)25(3,4)5/h9-16H,7-8H2,1-6H3,(H,27,32)(H,28,33). The highest BCUT2D eigenvalue weighted by Gasteiger charge is 2.31. The van der Waals surface area contributed by atoms with Gasteiger partial charge in [0, 0.05) is 35.7 Å². The van der Waals surface area contributed by atoms with Crippen LogP contribution in [-0.4, -0.2) is 39.2 Å². The van der Waals surface area contributed by atoms with Crippen LogP contribution in [0.5, 0.6) is 0 Å².